The maximum absolute atomic E-state index is 6.13. The van der Waals surface area contributed by atoms with E-state index < -0.39 is 33.8 Å². The molecule has 0 heterocycles. The molecule has 0 saturated carbocycles. The van der Waals surface area contributed by atoms with Gasteiger partial charge in [0.1, 0.15) is 0 Å². The van der Waals surface area contributed by atoms with Crippen molar-refractivity contribution in [2.75, 3.05) is 0 Å². The van der Waals surface area contributed by atoms with Crippen molar-refractivity contribution in [2.45, 2.75) is 52.4 Å². The SMILES string of the molecule is C[SiH](Cl)O[Si](C)(C)O[Si](C)(C)O[Si](C)(C)C. The van der Waals surface area contributed by atoms with Gasteiger partial charge in [-0.05, 0) is 52.4 Å². The van der Waals surface area contributed by atoms with Gasteiger partial charge < -0.3 is 12.3 Å². The molecule has 0 aliphatic rings. The molecule has 0 radical (unpaired) electrons. The van der Waals surface area contributed by atoms with Crippen LogP contribution in [0.5, 0.6) is 0 Å². The largest absolute Gasteiger partial charge is 0.437 e. The van der Waals surface area contributed by atoms with E-state index in [4.69, 9.17) is 23.4 Å². The molecule has 98 valence electrons. The van der Waals surface area contributed by atoms with Crippen LogP contribution in [0.3, 0.4) is 0 Å². The molecule has 0 aromatic carbocycles. The minimum absolute atomic E-state index is 1.55. The van der Waals surface area contributed by atoms with Crippen LogP contribution in [0, 0.1) is 0 Å². The van der Waals surface area contributed by atoms with E-state index in [1.807, 2.05) is 19.6 Å². The Balaban J connectivity index is 4.45. The third-order valence-electron chi connectivity index (χ3n) is 1.49. The van der Waals surface area contributed by atoms with Crippen molar-refractivity contribution in [1.82, 2.24) is 0 Å². The first-order valence-corrected chi connectivity index (χ1v) is 18.0. The van der Waals surface area contributed by atoms with Crippen LogP contribution in [0.4, 0.5) is 0 Å². The predicted molar refractivity (Wildman–Crippen MR) is 80.4 cm³/mol. The van der Waals surface area contributed by atoms with Gasteiger partial charge >= 0.3 is 17.1 Å². The van der Waals surface area contributed by atoms with Crippen LogP contribution < -0.4 is 0 Å². The lowest BCUT2D eigenvalue weighted by Crippen LogP contribution is -2.53. The van der Waals surface area contributed by atoms with Gasteiger partial charge in [0.25, 0.3) is 8.35 Å². The van der Waals surface area contributed by atoms with Crippen molar-refractivity contribution in [2.24, 2.45) is 0 Å². The zero-order chi connectivity index (χ0) is 13.2. The molecule has 0 aromatic heterocycles. The molecular formula is C8H25ClO3Si4. The lowest BCUT2D eigenvalue weighted by Gasteiger charge is -2.37. The average Bonchev–Trinajstić information content (AvgIpc) is 1.69. The Morgan fingerprint density at radius 3 is 1.56 bits per heavy atom. The van der Waals surface area contributed by atoms with Gasteiger partial charge in [-0.1, -0.05) is 0 Å². The van der Waals surface area contributed by atoms with Gasteiger partial charge in [-0.3, -0.25) is 0 Å². The third-order valence-corrected chi connectivity index (χ3v) is 14.2. The van der Waals surface area contributed by atoms with Crippen molar-refractivity contribution in [1.29, 1.82) is 0 Å². The Labute approximate surface area is 110 Å². The fourth-order valence-electron chi connectivity index (χ4n) is 1.77. The van der Waals surface area contributed by atoms with Gasteiger partial charge in [-0.25, -0.2) is 0 Å². The van der Waals surface area contributed by atoms with Gasteiger partial charge in [-0.2, -0.15) is 0 Å². The lowest BCUT2D eigenvalue weighted by molar-refractivity contribution is 0.337. The first kappa shape index (κ1) is 17.0. The number of rotatable bonds is 6. The molecule has 0 saturated heterocycles. The van der Waals surface area contributed by atoms with Crippen molar-refractivity contribution < 1.29 is 12.3 Å². The average molecular weight is 317 g/mol. The highest BCUT2D eigenvalue weighted by atomic mass is 35.6. The molecule has 0 fully saturated rings. The van der Waals surface area contributed by atoms with Crippen molar-refractivity contribution >= 4 is 44.9 Å². The van der Waals surface area contributed by atoms with E-state index in [1.165, 1.54) is 0 Å². The zero-order valence-corrected chi connectivity index (χ0v) is 16.6. The molecular weight excluding hydrogens is 292 g/mol. The van der Waals surface area contributed by atoms with E-state index in [0.29, 0.717) is 0 Å². The van der Waals surface area contributed by atoms with Gasteiger partial charge in [-0.15, -0.1) is 11.1 Å². The van der Waals surface area contributed by atoms with Gasteiger partial charge in [0, 0.05) is 0 Å². The van der Waals surface area contributed by atoms with E-state index in [0.717, 1.165) is 0 Å². The fourth-order valence-corrected chi connectivity index (χ4v) is 18.6. The minimum atomic E-state index is -2.11. The van der Waals surface area contributed by atoms with Crippen LogP contribution in [0.25, 0.3) is 0 Å². The molecule has 0 rings (SSSR count). The minimum Gasteiger partial charge on any atom is -0.437 e. The molecule has 3 nitrogen and oxygen atoms in total. The summed E-state index contributed by atoms with van der Waals surface area (Å²) >= 11 is 5.98. The molecule has 0 aromatic rings. The van der Waals surface area contributed by atoms with E-state index in [2.05, 4.69) is 32.7 Å². The lowest BCUT2D eigenvalue weighted by atomic mass is 11.8. The molecule has 16 heavy (non-hydrogen) atoms. The van der Waals surface area contributed by atoms with E-state index in [1.54, 1.807) is 0 Å². The second kappa shape index (κ2) is 5.79. The summed E-state index contributed by atoms with van der Waals surface area (Å²) in [5.41, 5.74) is 0. The summed E-state index contributed by atoms with van der Waals surface area (Å²) in [6.07, 6.45) is 0. The normalized spacial score (nSPS) is 16.3. The van der Waals surface area contributed by atoms with Gasteiger partial charge in [0.2, 0.25) is 0 Å². The molecule has 0 spiro atoms. The second-order valence-corrected chi connectivity index (χ2v) is 21.1. The van der Waals surface area contributed by atoms with Crippen LogP contribution in [0.2, 0.25) is 52.4 Å². The van der Waals surface area contributed by atoms with E-state index >= 15 is 0 Å². The van der Waals surface area contributed by atoms with Crippen LogP contribution in [0.15, 0.2) is 0 Å². The van der Waals surface area contributed by atoms with Crippen molar-refractivity contribution in [3.05, 3.63) is 0 Å². The highest BCUT2D eigenvalue weighted by Gasteiger charge is 2.39. The molecule has 0 N–H and O–H groups in total. The summed E-state index contributed by atoms with van der Waals surface area (Å²) in [7, 11) is -7.29. The summed E-state index contributed by atoms with van der Waals surface area (Å²) in [6.45, 7) is 16.8. The third kappa shape index (κ3) is 9.11. The molecule has 1 unspecified atom stereocenters. The first-order chi connectivity index (χ1) is 6.83. The first-order valence-electron chi connectivity index (χ1n) is 5.55. The van der Waals surface area contributed by atoms with E-state index in [-0.39, 0.29) is 0 Å². The summed E-state index contributed by atoms with van der Waals surface area (Å²) in [5, 5.41) is 0. The van der Waals surface area contributed by atoms with Gasteiger partial charge in [0.05, 0.1) is 0 Å². The van der Waals surface area contributed by atoms with Crippen LogP contribution in [0.1, 0.15) is 0 Å². The smallest absolute Gasteiger partial charge is 0.313 e. The molecule has 0 bridgehead atoms. The second-order valence-electron chi connectivity index (χ2n) is 5.78. The summed E-state index contributed by atoms with van der Waals surface area (Å²) in [4.78, 5) is 0. The summed E-state index contributed by atoms with van der Waals surface area (Å²) < 4.78 is 18.0. The highest BCUT2D eigenvalue weighted by molar-refractivity contribution is 7.05. The molecule has 0 aliphatic carbocycles. The summed E-state index contributed by atoms with van der Waals surface area (Å²) in [5.74, 6) is 0. The number of hydrogen-bond donors (Lipinski definition) is 0. The Bertz CT molecular complexity index is 228. The zero-order valence-electron chi connectivity index (χ0n) is 11.7. The Morgan fingerprint density at radius 2 is 1.25 bits per heavy atom. The summed E-state index contributed by atoms with van der Waals surface area (Å²) in [6, 6.07) is 0. The van der Waals surface area contributed by atoms with Crippen molar-refractivity contribution in [3.63, 3.8) is 0 Å². The maximum Gasteiger partial charge on any atom is 0.313 e. The topological polar surface area (TPSA) is 27.7 Å². The maximum atomic E-state index is 6.13. The van der Waals surface area contributed by atoms with Crippen molar-refractivity contribution in [3.8, 4) is 0 Å². The monoisotopic (exact) mass is 316 g/mol. The molecule has 8 heteroatoms. The Kier molecular flexibility index (Phi) is 6.16. The number of halogens is 1. The predicted octanol–water partition coefficient (Wildman–Crippen LogP) is 3.36. The quantitative estimate of drug-likeness (QED) is 0.555. The van der Waals surface area contributed by atoms with Gasteiger partial charge in [0.15, 0.2) is 8.32 Å². The molecule has 0 amide bonds. The number of hydrogen-bond acceptors (Lipinski definition) is 3. The molecule has 1 atom stereocenters. The molecule has 0 aliphatic heterocycles. The Morgan fingerprint density at radius 1 is 0.812 bits per heavy atom. The van der Waals surface area contributed by atoms with Crippen LogP contribution in [-0.4, -0.2) is 33.8 Å². The Hall–Kier alpha value is 1.04. The van der Waals surface area contributed by atoms with Crippen LogP contribution >= 0.6 is 11.1 Å². The fraction of sp³-hybridized carbons (Fsp3) is 1.00. The van der Waals surface area contributed by atoms with Crippen LogP contribution in [-0.2, 0) is 12.3 Å². The van der Waals surface area contributed by atoms with E-state index in [9.17, 15) is 0 Å². The highest BCUT2D eigenvalue weighted by Crippen LogP contribution is 2.21. The standard InChI is InChI=1S/C8H25ClO3Si4/c1-13(9)10-15(5,6)12-16(7,8)11-14(2,3)4/h13H,1-8H3.